The maximum atomic E-state index is 4.06. The molecule has 1 rings (SSSR count). The van der Waals surface area contributed by atoms with Gasteiger partial charge in [-0.25, -0.2) is 0 Å². The van der Waals surface area contributed by atoms with E-state index >= 15 is 0 Å². The maximum absolute atomic E-state index is 4.06. The fourth-order valence-electron chi connectivity index (χ4n) is 1.61. The predicted octanol–water partition coefficient (Wildman–Crippen LogP) is 3.16. The van der Waals surface area contributed by atoms with E-state index in [2.05, 4.69) is 34.3 Å². The molecule has 0 nitrogen and oxygen atoms in total. The Labute approximate surface area is 63.6 Å². The third-order valence-corrected chi connectivity index (χ3v) is 3.06. The summed E-state index contributed by atoms with van der Waals surface area (Å²) in [5, 5.41) is 0. The second-order valence-corrected chi connectivity index (χ2v) is 3.41. The van der Waals surface area contributed by atoms with Crippen molar-refractivity contribution in [3.05, 3.63) is 23.3 Å². The highest BCUT2D eigenvalue weighted by atomic mass is 14.3. The molecule has 1 unspecified atom stereocenters. The Hall–Kier alpha value is -0.520. The molecule has 0 bridgehead atoms. The third kappa shape index (κ3) is 0.828. The monoisotopic (exact) mass is 136 g/mol. The molecule has 0 aromatic rings. The molecule has 0 saturated heterocycles. The van der Waals surface area contributed by atoms with E-state index in [4.69, 9.17) is 0 Å². The van der Waals surface area contributed by atoms with E-state index in [-0.39, 0.29) is 0 Å². The molecule has 56 valence electrons. The first kappa shape index (κ1) is 7.59. The smallest absolute Gasteiger partial charge is 0.0131 e. The van der Waals surface area contributed by atoms with Crippen molar-refractivity contribution < 1.29 is 0 Å². The first-order valence-corrected chi connectivity index (χ1v) is 3.92. The summed E-state index contributed by atoms with van der Waals surface area (Å²) in [6.45, 7) is 13.0. The highest BCUT2D eigenvalue weighted by Crippen LogP contribution is 2.39. The zero-order valence-corrected chi connectivity index (χ0v) is 7.36. The van der Waals surface area contributed by atoms with Crippen molar-refractivity contribution in [1.82, 2.24) is 0 Å². The molecule has 0 heteroatoms. The highest BCUT2D eigenvalue weighted by molar-refractivity contribution is 5.40. The van der Waals surface area contributed by atoms with Gasteiger partial charge in [0.2, 0.25) is 0 Å². The summed E-state index contributed by atoms with van der Waals surface area (Å²) in [6.07, 6.45) is 0. The van der Waals surface area contributed by atoms with Gasteiger partial charge >= 0.3 is 0 Å². The molecule has 0 amide bonds. The summed E-state index contributed by atoms with van der Waals surface area (Å²) in [4.78, 5) is 0. The van der Waals surface area contributed by atoms with Crippen molar-refractivity contribution in [2.45, 2.75) is 27.7 Å². The van der Waals surface area contributed by atoms with Gasteiger partial charge in [-0.05, 0) is 36.8 Å². The number of hydrogen-bond donors (Lipinski definition) is 0. The van der Waals surface area contributed by atoms with Crippen molar-refractivity contribution in [2.75, 3.05) is 0 Å². The number of allylic oxidation sites excluding steroid dienone is 3. The van der Waals surface area contributed by atoms with Crippen molar-refractivity contribution in [2.24, 2.45) is 11.8 Å². The van der Waals surface area contributed by atoms with E-state index in [1.54, 1.807) is 0 Å². The summed E-state index contributed by atoms with van der Waals surface area (Å²) in [7, 11) is 0. The van der Waals surface area contributed by atoms with E-state index < -0.39 is 0 Å². The van der Waals surface area contributed by atoms with Gasteiger partial charge in [0.15, 0.2) is 0 Å². The molecule has 0 aliphatic heterocycles. The van der Waals surface area contributed by atoms with Crippen LogP contribution in [-0.2, 0) is 0 Å². The molecule has 0 fully saturated rings. The lowest BCUT2D eigenvalue weighted by Gasteiger charge is -2.11. The molecule has 0 aromatic heterocycles. The Bertz CT molecular complexity index is 196. The van der Waals surface area contributed by atoms with Crippen LogP contribution >= 0.6 is 0 Å². The second-order valence-electron chi connectivity index (χ2n) is 3.41. The van der Waals surface area contributed by atoms with E-state index in [1.807, 2.05) is 0 Å². The fraction of sp³-hybridized carbons (Fsp3) is 0.600. The molecule has 1 aliphatic rings. The average Bonchev–Trinajstić information content (AvgIpc) is 2.07. The lowest BCUT2D eigenvalue weighted by atomic mass is 9.94. The lowest BCUT2D eigenvalue weighted by Crippen LogP contribution is -2.02. The second kappa shape index (κ2) is 2.26. The van der Waals surface area contributed by atoms with Crippen LogP contribution in [0.25, 0.3) is 0 Å². The van der Waals surface area contributed by atoms with Crippen LogP contribution in [0.5, 0.6) is 0 Å². The van der Waals surface area contributed by atoms with Crippen LogP contribution in [0.2, 0.25) is 0 Å². The Morgan fingerprint density at radius 1 is 1.10 bits per heavy atom. The van der Waals surface area contributed by atoms with Gasteiger partial charge in [0, 0.05) is 0 Å². The van der Waals surface area contributed by atoms with Crippen LogP contribution in [0.3, 0.4) is 0 Å². The Morgan fingerprint density at radius 2 is 1.60 bits per heavy atom. The lowest BCUT2D eigenvalue weighted by molar-refractivity contribution is 0.542. The van der Waals surface area contributed by atoms with Crippen LogP contribution < -0.4 is 0 Å². The first-order chi connectivity index (χ1) is 4.55. The summed E-state index contributed by atoms with van der Waals surface area (Å²) < 4.78 is 0. The van der Waals surface area contributed by atoms with Crippen LogP contribution in [-0.4, -0.2) is 0 Å². The molecule has 0 saturated carbocycles. The normalized spacial score (nSPS) is 33.8. The third-order valence-electron chi connectivity index (χ3n) is 3.06. The average molecular weight is 136 g/mol. The summed E-state index contributed by atoms with van der Waals surface area (Å²) in [6, 6.07) is 0. The molecule has 0 N–H and O–H groups in total. The molecular weight excluding hydrogens is 120 g/mol. The molecular formula is C10H16. The van der Waals surface area contributed by atoms with Crippen molar-refractivity contribution >= 4 is 0 Å². The molecule has 10 heavy (non-hydrogen) atoms. The maximum Gasteiger partial charge on any atom is -0.0131 e. The Morgan fingerprint density at radius 3 is 1.70 bits per heavy atom. The minimum Gasteiger partial charge on any atom is -0.0953 e. The molecule has 0 spiro atoms. The van der Waals surface area contributed by atoms with Gasteiger partial charge in [0.05, 0.1) is 0 Å². The predicted molar refractivity (Wildman–Crippen MR) is 45.8 cm³/mol. The van der Waals surface area contributed by atoms with Gasteiger partial charge in [-0.3, -0.25) is 0 Å². The van der Waals surface area contributed by atoms with Gasteiger partial charge in [-0.15, -0.1) is 0 Å². The minimum atomic E-state index is 0.667. The Kier molecular flexibility index (Phi) is 1.72. The molecule has 0 aromatic carbocycles. The van der Waals surface area contributed by atoms with Gasteiger partial charge in [0.25, 0.3) is 0 Å². The molecule has 0 radical (unpaired) electrons. The minimum absolute atomic E-state index is 0.667. The van der Waals surface area contributed by atoms with Gasteiger partial charge in [-0.1, -0.05) is 26.0 Å². The number of hydrogen-bond acceptors (Lipinski definition) is 0. The SMILES string of the molecule is C=C1C(C)=C(C)C(C)[C@H]1C. The van der Waals surface area contributed by atoms with E-state index in [0.717, 1.165) is 0 Å². The topological polar surface area (TPSA) is 0 Å². The van der Waals surface area contributed by atoms with Gasteiger partial charge in [-0.2, -0.15) is 0 Å². The Balaban J connectivity index is 2.99. The van der Waals surface area contributed by atoms with Gasteiger partial charge in [0.1, 0.15) is 0 Å². The quantitative estimate of drug-likeness (QED) is 0.480. The summed E-state index contributed by atoms with van der Waals surface area (Å²) in [5.74, 6) is 1.38. The zero-order valence-electron chi connectivity index (χ0n) is 7.36. The standard InChI is InChI=1S/C10H16/c1-6-7(2)9(4)10(5)8(6)3/h7,9H,1H2,2-5H3/t7-,9?/m0/s1. The van der Waals surface area contributed by atoms with Crippen LogP contribution in [0.15, 0.2) is 23.3 Å². The summed E-state index contributed by atoms with van der Waals surface area (Å²) >= 11 is 0. The largest absolute Gasteiger partial charge is 0.0953 e. The van der Waals surface area contributed by atoms with Crippen LogP contribution in [0.4, 0.5) is 0 Å². The molecule has 2 atom stereocenters. The summed E-state index contributed by atoms with van der Waals surface area (Å²) in [5.41, 5.74) is 4.29. The van der Waals surface area contributed by atoms with Crippen LogP contribution in [0, 0.1) is 11.8 Å². The van der Waals surface area contributed by atoms with E-state index in [1.165, 1.54) is 16.7 Å². The molecule has 0 heterocycles. The zero-order chi connectivity index (χ0) is 7.89. The molecule has 1 aliphatic carbocycles. The van der Waals surface area contributed by atoms with Gasteiger partial charge < -0.3 is 0 Å². The van der Waals surface area contributed by atoms with Crippen molar-refractivity contribution in [1.29, 1.82) is 0 Å². The van der Waals surface area contributed by atoms with E-state index in [0.29, 0.717) is 11.8 Å². The van der Waals surface area contributed by atoms with Crippen LogP contribution in [0.1, 0.15) is 27.7 Å². The first-order valence-electron chi connectivity index (χ1n) is 3.92. The fourth-order valence-corrected chi connectivity index (χ4v) is 1.61. The van der Waals surface area contributed by atoms with Crippen molar-refractivity contribution in [3.63, 3.8) is 0 Å². The van der Waals surface area contributed by atoms with Crippen molar-refractivity contribution in [3.8, 4) is 0 Å². The number of rotatable bonds is 0. The van der Waals surface area contributed by atoms with E-state index in [9.17, 15) is 0 Å². The highest BCUT2D eigenvalue weighted by Gasteiger charge is 2.26.